The molecule has 3 nitrogen and oxygen atoms in total. The molecule has 3 N–H and O–H groups in total. The molecule has 0 spiro atoms. The van der Waals surface area contributed by atoms with E-state index in [0.29, 0.717) is 17.4 Å². The van der Waals surface area contributed by atoms with Crippen molar-refractivity contribution in [3.05, 3.63) is 35.6 Å². The molecule has 1 rings (SSSR count). The number of guanidine groups is 1. The van der Waals surface area contributed by atoms with Crippen molar-refractivity contribution < 1.29 is 4.39 Å². The summed E-state index contributed by atoms with van der Waals surface area (Å²) in [5.41, 5.74) is 6.23. The highest BCUT2D eigenvalue weighted by atomic mass is 19.1. The van der Waals surface area contributed by atoms with E-state index in [0.717, 1.165) is 13.0 Å². The van der Waals surface area contributed by atoms with Crippen molar-refractivity contribution in [1.82, 2.24) is 5.32 Å². The van der Waals surface area contributed by atoms with Crippen LogP contribution >= 0.6 is 0 Å². The lowest BCUT2D eigenvalue weighted by Crippen LogP contribution is -2.32. The zero-order valence-corrected chi connectivity index (χ0v) is 10.4. The molecule has 0 fully saturated rings. The number of hydrogen-bond acceptors (Lipinski definition) is 1. The lowest BCUT2D eigenvalue weighted by molar-refractivity contribution is 0.576. The SMILES string of the molecule is CC(C)CCNC(N)=NCc1ccccc1F. The monoisotopic (exact) mass is 237 g/mol. The molecular formula is C13H20FN3. The molecule has 0 bridgehead atoms. The third-order valence-electron chi connectivity index (χ3n) is 2.41. The van der Waals surface area contributed by atoms with Crippen LogP contribution in [-0.4, -0.2) is 12.5 Å². The van der Waals surface area contributed by atoms with Gasteiger partial charge in [-0.3, -0.25) is 0 Å². The molecule has 0 atom stereocenters. The maximum atomic E-state index is 13.3. The van der Waals surface area contributed by atoms with E-state index in [4.69, 9.17) is 5.73 Å². The third-order valence-corrected chi connectivity index (χ3v) is 2.41. The van der Waals surface area contributed by atoms with Gasteiger partial charge in [0.1, 0.15) is 5.82 Å². The molecule has 0 aliphatic heterocycles. The van der Waals surface area contributed by atoms with Crippen molar-refractivity contribution in [2.24, 2.45) is 16.6 Å². The number of benzene rings is 1. The van der Waals surface area contributed by atoms with Crippen LogP contribution in [0.15, 0.2) is 29.3 Å². The van der Waals surface area contributed by atoms with E-state index in [2.05, 4.69) is 24.2 Å². The molecule has 1 aromatic rings. The standard InChI is InChI=1S/C13H20FN3/c1-10(2)7-8-16-13(15)17-9-11-5-3-4-6-12(11)14/h3-6,10H,7-9H2,1-2H3,(H3,15,16,17). The molecule has 0 unspecified atom stereocenters. The minimum Gasteiger partial charge on any atom is -0.370 e. The van der Waals surface area contributed by atoms with Gasteiger partial charge in [-0.2, -0.15) is 0 Å². The average Bonchev–Trinajstić information content (AvgIpc) is 2.27. The van der Waals surface area contributed by atoms with Gasteiger partial charge in [-0.25, -0.2) is 9.38 Å². The fraction of sp³-hybridized carbons (Fsp3) is 0.462. The second-order valence-corrected chi connectivity index (χ2v) is 4.40. The number of nitrogens with zero attached hydrogens (tertiary/aromatic N) is 1. The average molecular weight is 237 g/mol. The Morgan fingerprint density at radius 2 is 2.12 bits per heavy atom. The summed E-state index contributed by atoms with van der Waals surface area (Å²) in [6, 6.07) is 6.58. The molecule has 0 saturated heterocycles. The predicted molar refractivity (Wildman–Crippen MR) is 69.2 cm³/mol. The highest BCUT2D eigenvalue weighted by Crippen LogP contribution is 2.07. The molecule has 94 valence electrons. The van der Waals surface area contributed by atoms with Crippen molar-refractivity contribution in [2.75, 3.05) is 6.54 Å². The number of halogens is 1. The predicted octanol–water partition coefficient (Wildman–Crippen LogP) is 2.28. The van der Waals surface area contributed by atoms with Crippen LogP contribution in [0.2, 0.25) is 0 Å². The lowest BCUT2D eigenvalue weighted by atomic mass is 10.1. The van der Waals surface area contributed by atoms with Gasteiger partial charge in [-0.1, -0.05) is 32.0 Å². The van der Waals surface area contributed by atoms with Crippen LogP contribution < -0.4 is 11.1 Å². The molecule has 17 heavy (non-hydrogen) atoms. The minimum absolute atomic E-state index is 0.244. The maximum Gasteiger partial charge on any atom is 0.188 e. The smallest absolute Gasteiger partial charge is 0.188 e. The first-order valence-electron chi connectivity index (χ1n) is 5.86. The fourth-order valence-corrected chi connectivity index (χ4v) is 1.34. The van der Waals surface area contributed by atoms with Crippen LogP contribution in [0.25, 0.3) is 0 Å². The molecule has 0 heterocycles. The highest BCUT2D eigenvalue weighted by molar-refractivity contribution is 5.77. The normalized spacial score (nSPS) is 11.9. The van der Waals surface area contributed by atoms with Gasteiger partial charge in [0, 0.05) is 12.1 Å². The van der Waals surface area contributed by atoms with Crippen molar-refractivity contribution in [2.45, 2.75) is 26.8 Å². The Labute approximate surface area is 102 Å². The lowest BCUT2D eigenvalue weighted by Gasteiger charge is -2.07. The van der Waals surface area contributed by atoms with Crippen molar-refractivity contribution in [3.8, 4) is 0 Å². The molecule has 4 heteroatoms. The third kappa shape index (κ3) is 5.33. The van der Waals surface area contributed by atoms with Crippen LogP contribution in [0, 0.1) is 11.7 Å². The molecule has 0 amide bonds. The second-order valence-electron chi connectivity index (χ2n) is 4.40. The van der Waals surface area contributed by atoms with Crippen molar-refractivity contribution in [1.29, 1.82) is 0 Å². The Hall–Kier alpha value is -1.58. The number of rotatable bonds is 5. The molecule has 1 aromatic carbocycles. The first kappa shape index (κ1) is 13.5. The van der Waals surface area contributed by atoms with Gasteiger partial charge in [0.25, 0.3) is 0 Å². The van der Waals surface area contributed by atoms with E-state index >= 15 is 0 Å². The minimum atomic E-state index is -0.244. The van der Waals surface area contributed by atoms with Crippen LogP contribution in [-0.2, 0) is 6.54 Å². The summed E-state index contributed by atoms with van der Waals surface area (Å²) in [6.45, 7) is 5.36. The summed E-state index contributed by atoms with van der Waals surface area (Å²) >= 11 is 0. The van der Waals surface area contributed by atoms with Gasteiger partial charge in [0.2, 0.25) is 0 Å². The first-order valence-corrected chi connectivity index (χ1v) is 5.86. The molecule has 0 aliphatic carbocycles. The maximum absolute atomic E-state index is 13.3. The first-order chi connectivity index (χ1) is 8.09. The largest absolute Gasteiger partial charge is 0.370 e. The van der Waals surface area contributed by atoms with Crippen molar-refractivity contribution >= 4 is 5.96 Å². The highest BCUT2D eigenvalue weighted by Gasteiger charge is 1.99. The van der Waals surface area contributed by atoms with Crippen LogP contribution in [0.3, 0.4) is 0 Å². The molecule has 0 saturated carbocycles. The van der Waals surface area contributed by atoms with E-state index in [-0.39, 0.29) is 12.4 Å². The summed E-state index contributed by atoms with van der Waals surface area (Å²) < 4.78 is 13.3. The summed E-state index contributed by atoms with van der Waals surface area (Å²) in [7, 11) is 0. The van der Waals surface area contributed by atoms with Gasteiger partial charge in [0.15, 0.2) is 5.96 Å². The van der Waals surface area contributed by atoms with Crippen molar-refractivity contribution in [3.63, 3.8) is 0 Å². The van der Waals surface area contributed by atoms with Gasteiger partial charge >= 0.3 is 0 Å². The van der Waals surface area contributed by atoms with E-state index in [9.17, 15) is 4.39 Å². The summed E-state index contributed by atoms with van der Waals surface area (Å²) in [5, 5.41) is 3.01. The Morgan fingerprint density at radius 3 is 2.76 bits per heavy atom. The Balaban J connectivity index is 2.40. The van der Waals surface area contributed by atoms with E-state index in [1.54, 1.807) is 18.2 Å². The Bertz CT molecular complexity index is 375. The van der Waals surface area contributed by atoms with E-state index < -0.39 is 0 Å². The Kier molecular flexibility index (Phi) is 5.46. The van der Waals surface area contributed by atoms with Gasteiger partial charge in [-0.05, 0) is 18.4 Å². The van der Waals surface area contributed by atoms with E-state index in [1.807, 2.05) is 0 Å². The zero-order chi connectivity index (χ0) is 12.7. The van der Waals surface area contributed by atoms with Gasteiger partial charge < -0.3 is 11.1 Å². The molecule has 0 aliphatic rings. The summed E-state index contributed by atoms with van der Waals surface area (Å²) in [4.78, 5) is 4.10. The Morgan fingerprint density at radius 1 is 1.41 bits per heavy atom. The number of hydrogen-bond donors (Lipinski definition) is 2. The zero-order valence-electron chi connectivity index (χ0n) is 10.4. The van der Waals surface area contributed by atoms with E-state index in [1.165, 1.54) is 6.07 Å². The topological polar surface area (TPSA) is 50.4 Å². The second kappa shape index (κ2) is 6.89. The summed E-state index contributed by atoms with van der Waals surface area (Å²) in [5.74, 6) is 0.752. The molecular weight excluding hydrogens is 217 g/mol. The van der Waals surface area contributed by atoms with Gasteiger partial charge in [-0.15, -0.1) is 0 Å². The van der Waals surface area contributed by atoms with Crippen LogP contribution in [0.1, 0.15) is 25.8 Å². The van der Waals surface area contributed by atoms with Gasteiger partial charge in [0.05, 0.1) is 6.54 Å². The molecule has 0 radical (unpaired) electrons. The number of nitrogens with two attached hydrogens (primary N) is 1. The summed E-state index contributed by atoms with van der Waals surface area (Å²) in [6.07, 6.45) is 1.04. The fourth-order valence-electron chi connectivity index (χ4n) is 1.34. The number of aliphatic imine (C=N–C) groups is 1. The quantitative estimate of drug-likeness (QED) is 0.609. The molecule has 0 aromatic heterocycles. The van der Waals surface area contributed by atoms with Crippen LogP contribution in [0.4, 0.5) is 4.39 Å². The van der Waals surface area contributed by atoms with Crippen LogP contribution in [0.5, 0.6) is 0 Å². The number of nitrogens with one attached hydrogen (secondary N) is 1.